The molecule has 0 aromatic heterocycles. The molecule has 0 aliphatic rings. The second-order valence-electron chi connectivity index (χ2n) is 6.50. The number of carbonyl (C=O) groups is 2. The number of nitrogens with one attached hydrogen (secondary N) is 3. The molecule has 0 spiro atoms. The van der Waals surface area contributed by atoms with Crippen molar-refractivity contribution in [3.05, 3.63) is 66.2 Å². The number of ether oxygens (including phenoxy) is 2. The molecule has 0 radical (unpaired) electrons. The number of methoxy groups -OCH3 is 1. The van der Waals surface area contributed by atoms with Crippen LogP contribution in [0.2, 0.25) is 0 Å². The van der Waals surface area contributed by atoms with Gasteiger partial charge in [-0.05, 0) is 42.8 Å². The molecule has 2 amide bonds. The molecule has 29 heavy (non-hydrogen) atoms. The van der Waals surface area contributed by atoms with E-state index < -0.39 is 0 Å². The SMILES string of the molecule is C=C(C)COc1cccc(NCC(=O)Nc2cccc(C(=O)NCCOC)c2)c1. The molecular formula is C22H27N3O4. The van der Waals surface area contributed by atoms with Crippen LogP contribution in [0.15, 0.2) is 60.7 Å². The van der Waals surface area contributed by atoms with Gasteiger partial charge >= 0.3 is 0 Å². The Labute approximate surface area is 171 Å². The van der Waals surface area contributed by atoms with E-state index in [1.807, 2.05) is 31.2 Å². The minimum Gasteiger partial charge on any atom is -0.489 e. The van der Waals surface area contributed by atoms with Crippen LogP contribution in [0.1, 0.15) is 17.3 Å². The van der Waals surface area contributed by atoms with Gasteiger partial charge in [0, 0.05) is 36.7 Å². The minimum absolute atomic E-state index is 0.0776. The second-order valence-corrected chi connectivity index (χ2v) is 6.50. The highest BCUT2D eigenvalue weighted by molar-refractivity contribution is 5.98. The highest BCUT2D eigenvalue weighted by Crippen LogP contribution is 2.18. The standard InChI is InChI=1S/C22H27N3O4/c1-16(2)15-29-20-9-5-7-18(13-20)24-14-21(26)25-19-8-4-6-17(12-19)22(27)23-10-11-28-3/h4-9,12-13,24H,1,10-11,14-15H2,2-3H3,(H,23,27)(H,25,26). The van der Waals surface area contributed by atoms with Crippen LogP contribution in [0, 0.1) is 0 Å². The molecule has 0 fully saturated rings. The molecule has 7 heteroatoms. The maximum atomic E-state index is 12.2. The Bertz CT molecular complexity index is 851. The van der Waals surface area contributed by atoms with Crippen LogP contribution >= 0.6 is 0 Å². The van der Waals surface area contributed by atoms with E-state index in [2.05, 4.69) is 22.5 Å². The number of rotatable bonds is 11. The van der Waals surface area contributed by atoms with Crippen LogP contribution in [0.5, 0.6) is 5.75 Å². The van der Waals surface area contributed by atoms with E-state index in [9.17, 15) is 9.59 Å². The van der Waals surface area contributed by atoms with Gasteiger partial charge in [-0.15, -0.1) is 0 Å². The highest BCUT2D eigenvalue weighted by atomic mass is 16.5. The third-order valence-corrected chi connectivity index (χ3v) is 3.77. The summed E-state index contributed by atoms with van der Waals surface area (Å²) >= 11 is 0. The van der Waals surface area contributed by atoms with Gasteiger partial charge in [0.1, 0.15) is 12.4 Å². The Balaban J connectivity index is 1.86. The predicted octanol–water partition coefficient (Wildman–Crippen LogP) is 3.07. The normalized spacial score (nSPS) is 10.1. The van der Waals surface area contributed by atoms with Crippen LogP contribution < -0.4 is 20.7 Å². The van der Waals surface area contributed by atoms with Gasteiger partial charge < -0.3 is 25.4 Å². The fourth-order valence-electron chi connectivity index (χ4n) is 2.40. The summed E-state index contributed by atoms with van der Waals surface area (Å²) in [5, 5.41) is 8.58. The molecule has 0 aliphatic carbocycles. The minimum atomic E-state index is -0.227. The van der Waals surface area contributed by atoms with Crippen molar-refractivity contribution in [2.45, 2.75) is 6.92 Å². The van der Waals surface area contributed by atoms with E-state index in [-0.39, 0.29) is 18.4 Å². The lowest BCUT2D eigenvalue weighted by Gasteiger charge is -2.11. The largest absolute Gasteiger partial charge is 0.489 e. The number of amides is 2. The second kappa shape index (κ2) is 11.5. The maximum Gasteiger partial charge on any atom is 0.251 e. The Morgan fingerprint density at radius 1 is 1.07 bits per heavy atom. The number of hydrogen-bond donors (Lipinski definition) is 3. The number of anilines is 2. The van der Waals surface area contributed by atoms with E-state index in [0.29, 0.717) is 36.8 Å². The Morgan fingerprint density at radius 2 is 1.83 bits per heavy atom. The summed E-state index contributed by atoms with van der Waals surface area (Å²) in [5.74, 6) is 0.253. The summed E-state index contributed by atoms with van der Waals surface area (Å²) in [6, 6.07) is 14.1. The lowest BCUT2D eigenvalue weighted by atomic mass is 10.2. The molecule has 0 bridgehead atoms. The van der Waals surface area contributed by atoms with E-state index in [0.717, 1.165) is 11.3 Å². The lowest BCUT2D eigenvalue weighted by Crippen LogP contribution is -2.27. The van der Waals surface area contributed by atoms with Gasteiger partial charge in [0.2, 0.25) is 5.91 Å². The Hall–Kier alpha value is -3.32. The molecule has 0 unspecified atom stereocenters. The first-order valence-corrected chi connectivity index (χ1v) is 9.26. The van der Waals surface area contributed by atoms with Crippen LogP contribution in [0.3, 0.4) is 0 Å². The van der Waals surface area contributed by atoms with Gasteiger partial charge in [0.25, 0.3) is 5.91 Å². The zero-order chi connectivity index (χ0) is 21.1. The van der Waals surface area contributed by atoms with Gasteiger partial charge in [0.15, 0.2) is 0 Å². The molecule has 2 aromatic carbocycles. The first-order valence-electron chi connectivity index (χ1n) is 9.26. The molecule has 154 valence electrons. The van der Waals surface area contributed by atoms with Gasteiger partial charge in [-0.25, -0.2) is 0 Å². The molecule has 7 nitrogen and oxygen atoms in total. The van der Waals surface area contributed by atoms with Crippen molar-refractivity contribution >= 4 is 23.2 Å². The Morgan fingerprint density at radius 3 is 2.59 bits per heavy atom. The third kappa shape index (κ3) is 8.06. The first kappa shape index (κ1) is 22.0. The smallest absolute Gasteiger partial charge is 0.251 e. The average Bonchev–Trinajstić information content (AvgIpc) is 2.71. The average molecular weight is 397 g/mol. The zero-order valence-electron chi connectivity index (χ0n) is 16.8. The van der Waals surface area contributed by atoms with Crippen molar-refractivity contribution in [2.24, 2.45) is 0 Å². The molecule has 0 saturated heterocycles. The van der Waals surface area contributed by atoms with Crippen LogP contribution in [0.4, 0.5) is 11.4 Å². The van der Waals surface area contributed by atoms with E-state index in [1.165, 1.54) is 0 Å². The zero-order valence-corrected chi connectivity index (χ0v) is 16.8. The summed E-state index contributed by atoms with van der Waals surface area (Å²) in [6.07, 6.45) is 0. The monoisotopic (exact) mass is 397 g/mol. The molecule has 0 aliphatic heterocycles. The van der Waals surface area contributed by atoms with Crippen molar-refractivity contribution in [1.82, 2.24) is 5.32 Å². The predicted molar refractivity (Wildman–Crippen MR) is 115 cm³/mol. The summed E-state index contributed by atoms with van der Waals surface area (Å²) in [7, 11) is 1.57. The molecular weight excluding hydrogens is 370 g/mol. The molecule has 2 aromatic rings. The van der Waals surface area contributed by atoms with Crippen LogP contribution in [0.25, 0.3) is 0 Å². The summed E-state index contributed by atoms with van der Waals surface area (Å²) in [6.45, 7) is 7.08. The lowest BCUT2D eigenvalue weighted by molar-refractivity contribution is -0.114. The molecule has 0 heterocycles. The first-order chi connectivity index (χ1) is 14.0. The molecule has 3 N–H and O–H groups in total. The molecule has 0 atom stereocenters. The summed E-state index contributed by atoms with van der Waals surface area (Å²) in [4.78, 5) is 24.3. The van der Waals surface area contributed by atoms with Crippen molar-refractivity contribution in [3.8, 4) is 5.75 Å². The fraction of sp³-hybridized carbons (Fsp3) is 0.273. The van der Waals surface area contributed by atoms with Gasteiger partial charge in [-0.3, -0.25) is 9.59 Å². The van der Waals surface area contributed by atoms with E-state index in [1.54, 1.807) is 31.4 Å². The van der Waals surface area contributed by atoms with Crippen molar-refractivity contribution < 1.29 is 19.1 Å². The molecule has 0 saturated carbocycles. The van der Waals surface area contributed by atoms with Crippen molar-refractivity contribution in [1.29, 1.82) is 0 Å². The van der Waals surface area contributed by atoms with Crippen molar-refractivity contribution in [3.63, 3.8) is 0 Å². The van der Waals surface area contributed by atoms with Gasteiger partial charge in [0.05, 0.1) is 13.2 Å². The molecule has 2 rings (SSSR count). The summed E-state index contributed by atoms with van der Waals surface area (Å²) in [5.41, 5.74) is 2.71. The fourth-order valence-corrected chi connectivity index (χ4v) is 2.40. The van der Waals surface area contributed by atoms with Crippen LogP contribution in [-0.2, 0) is 9.53 Å². The van der Waals surface area contributed by atoms with Crippen molar-refractivity contribution in [2.75, 3.05) is 44.0 Å². The third-order valence-electron chi connectivity index (χ3n) is 3.77. The van der Waals surface area contributed by atoms with E-state index >= 15 is 0 Å². The van der Waals surface area contributed by atoms with Crippen LogP contribution in [-0.4, -0.2) is 45.2 Å². The maximum absolute atomic E-state index is 12.2. The quantitative estimate of drug-likeness (QED) is 0.401. The number of carbonyl (C=O) groups excluding carboxylic acids is 2. The Kier molecular flexibility index (Phi) is 8.72. The highest BCUT2D eigenvalue weighted by Gasteiger charge is 2.08. The van der Waals surface area contributed by atoms with E-state index in [4.69, 9.17) is 9.47 Å². The number of hydrogen-bond acceptors (Lipinski definition) is 5. The van der Waals surface area contributed by atoms with Gasteiger partial charge in [-0.1, -0.05) is 18.7 Å². The number of benzene rings is 2. The summed E-state index contributed by atoms with van der Waals surface area (Å²) < 4.78 is 10.5. The van der Waals surface area contributed by atoms with Gasteiger partial charge in [-0.2, -0.15) is 0 Å². The topological polar surface area (TPSA) is 88.7 Å².